The Morgan fingerprint density at radius 1 is 1.16 bits per heavy atom. The molecule has 0 atom stereocenters. The molecule has 0 bridgehead atoms. The molecule has 4 heterocycles. The molecule has 4 rings (SSSR count). The molecule has 0 amide bonds. The summed E-state index contributed by atoms with van der Waals surface area (Å²) in [6.07, 6.45) is 5.35. The van der Waals surface area contributed by atoms with Gasteiger partial charge >= 0.3 is 0 Å². The zero-order valence-electron chi connectivity index (χ0n) is 15.1. The third-order valence-electron chi connectivity index (χ3n) is 5.25. The molecule has 2 aromatic rings. The average molecular weight is 340 g/mol. The van der Waals surface area contributed by atoms with E-state index >= 15 is 0 Å². The molecular weight excluding hydrogens is 312 g/mol. The van der Waals surface area contributed by atoms with E-state index in [1.54, 1.807) is 0 Å². The molecule has 6 heteroatoms. The van der Waals surface area contributed by atoms with Crippen LogP contribution in [-0.2, 0) is 19.6 Å². The van der Waals surface area contributed by atoms with Crippen molar-refractivity contribution in [3.63, 3.8) is 0 Å². The SMILES string of the molecule is CN1CCCn2nc(CN3CCC(Nc4ccccn4)CC3)cc2C1. The second-order valence-corrected chi connectivity index (χ2v) is 7.35. The zero-order valence-corrected chi connectivity index (χ0v) is 15.1. The van der Waals surface area contributed by atoms with Gasteiger partial charge in [-0.2, -0.15) is 5.10 Å². The number of rotatable bonds is 4. The van der Waals surface area contributed by atoms with Crippen molar-refractivity contribution < 1.29 is 0 Å². The predicted molar refractivity (Wildman–Crippen MR) is 99.3 cm³/mol. The van der Waals surface area contributed by atoms with Crippen molar-refractivity contribution in [1.82, 2.24) is 24.6 Å². The monoisotopic (exact) mass is 340 g/mol. The van der Waals surface area contributed by atoms with Gasteiger partial charge in [-0.3, -0.25) is 9.58 Å². The minimum atomic E-state index is 0.526. The maximum atomic E-state index is 4.85. The van der Waals surface area contributed by atoms with Gasteiger partial charge in [-0.25, -0.2) is 4.98 Å². The summed E-state index contributed by atoms with van der Waals surface area (Å²) in [6.45, 7) is 6.44. The molecule has 0 aliphatic carbocycles. The fourth-order valence-corrected chi connectivity index (χ4v) is 3.88. The van der Waals surface area contributed by atoms with Gasteiger partial charge < -0.3 is 10.2 Å². The van der Waals surface area contributed by atoms with Crippen LogP contribution in [0.25, 0.3) is 0 Å². The van der Waals surface area contributed by atoms with Crippen LogP contribution < -0.4 is 5.32 Å². The normalized spacial score (nSPS) is 20.2. The number of aryl methyl sites for hydroxylation is 1. The molecule has 6 nitrogen and oxygen atoms in total. The van der Waals surface area contributed by atoms with Crippen LogP contribution in [-0.4, -0.2) is 57.3 Å². The van der Waals surface area contributed by atoms with Gasteiger partial charge in [0, 0.05) is 51.5 Å². The van der Waals surface area contributed by atoms with Crippen LogP contribution in [0.15, 0.2) is 30.5 Å². The van der Waals surface area contributed by atoms with Crippen molar-refractivity contribution in [2.45, 2.75) is 44.9 Å². The molecule has 1 N–H and O–H groups in total. The lowest BCUT2D eigenvalue weighted by Crippen LogP contribution is -2.38. The lowest BCUT2D eigenvalue weighted by atomic mass is 10.0. The molecule has 0 aromatic carbocycles. The maximum absolute atomic E-state index is 4.85. The van der Waals surface area contributed by atoms with Crippen LogP contribution in [0.3, 0.4) is 0 Å². The molecule has 2 aliphatic rings. The Hall–Kier alpha value is -1.92. The van der Waals surface area contributed by atoms with E-state index < -0.39 is 0 Å². The van der Waals surface area contributed by atoms with Gasteiger partial charge in [0.25, 0.3) is 0 Å². The number of aromatic nitrogens is 3. The van der Waals surface area contributed by atoms with Gasteiger partial charge in [0.1, 0.15) is 5.82 Å². The molecule has 134 valence electrons. The molecule has 0 radical (unpaired) electrons. The first-order valence-electron chi connectivity index (χ1n) is 9.40. The molecule has 1 fully saturated rings. The lowest BCUT2D eigenvalue weighted by molar-refractivity contribution is 0.208. The van der Waals surface area contributed by atoms with Crippen molar-refractivity contribution in [1.29, 1.82) is 0 Å². The van der Waals surface area contributed by atoms with Crippen molar-refractivity contribution in [3.05, 3.63) is 41.9 Å². The Labute approximate surface area is 149 Å². The quantitative estimate of drug-likeness (QED) is 0.925. The van der Waals surface area contributed by atoms with Crippen molar-refractivity contribution in [2.24, 2.45) is 0 Å². The standard InChI is InChI=1S/C19H28N6/c1-23-9-4-10-25-18(15-23)13-17(22-25)14-24-11-6-16(7-12-24)21-19-5-2-3-8-20-19/h2-3,5,8,13,16H,4,6-7,9-12,14-15H2,1H3,(H,20,21). The molecule has 2 aromatic heterocycles. The van der Waals surface area contributed by atoms with Crippen LogP contribution in [0.2, 0.25) is 0 Å². The highest BCUT2D eigenvalue weighted by Crippen LogP contribution is 2.18. The third-order valence-corrected chi connectivity index (χ3v) is 5.25. The van der Waals surface area contributed by atoms with E-state index in [2.05, 4.69) is 37.9 Å². The largest absolute Gasteiger partial charge is 0.367 e. The van der Waals surface area contributed by atoms with E-state index in [0.29, 0.717) is 6.04 Å². The molecule has 0 unspecified atom stereocenters. The first-order valence-corrected chi connectivity index (χ1v) is 9.40. The molecule has 0 saturated carbocycles. The van der Waals surface area contributed by atoms with E-state index in [0.717, 1.165) is 57.9 Å². The molecular formula is C19H28N6. The Bertz CT molecular complexity index is 674. The summed E-state index contributed by atoms with van der Waals surface area (Å²) >= 11 is 0. The number of pyridine rings is 1. The third kappa shape index (κ3) is 4.19. The van der Waals surface area contributed by atoms with Gasteiger partial charge in [0.15, 0.2) is 0 Å². The summed E-state index contributed by atoms with van der Waals surface area (Å²) in [6, 6.07) is 8.86. The van der Waals surface area contributed by atoms with Crippen LogP contribution >= 0.6 is 0 Å². The second kappa shape index (κ2) is 7.54. The number of anilines is 1. The first kappa shape index (κ1) is 16.5. The topological polar surface area (TPSA) is 49.2 Å². The zero-order chi connectivity index (χ0) is 17.1. The van der Waals surface area contributed by atoms with Gasteiger partial charge in [-0.05, 0) is 44.5 Å². The molecule has 1 saturated heterocycles. The Morgan fingerprint density at radius 2 is 2.04 bits per heavy atom. The van der Waals surface area contributed by atoms with E-state index in [9.17, 15) is 0 Å². The molecule has 2 aliphatic heterocycles. The predicted octanol–water partition coefficient (Wildman–Crippen LogP) is 2.19. The van der Waals surface area contributed by atoms with Crippen LogP contribution in [0.4, 0.5) is 5.82 Å². The highest BCUT2D eigenvalue weighted by molar-refractivity contribution is 5.34. The van der Waals surface area contributed by atoms with Crippen LogP contribution in [0, 0.1) is 0 Å². The van der Waals surface area contributed by atoms with Gasteiger partial charge in [0.05, 0.1) is 11.4 Å². The Balaban J connectivity index is 1.29. The number of hydrogen-bond donors (Lipinski definition) is 1. The Kier molecular flexibility index (Phi) is 4.99. The van der Waals surface area contributed by atoms with Crippen molar-refractivity contribution in [2.75, 3.05) is 32.0 Å². The number of likely N-dealkylation sites (tertiary alicyclic amines) is 1. The van der Waals surface area contributed by atoms with E-state index in [-0.39, 0.29) is 0 Å². The number of hydrogen-bond acceptors (Lipinski definition) is 5. The fourth-order valence-electron chi connectivity index (χ4n) is 3.88. The van der Waals surface area contributed by atoms with Gasteiger partial charge in [0.2, 0.25) is 0 Å². The summed E-state index contributed by atoms with van der Waals surface area (Å²) in [4.78, 5) is 9.29. The second-order valence-electron chi connectivity index (χ2n) is 7.35. The minimum Gasteiger partial charge on any atom is -0.367 e. The summed E-state index contributed by atoms with van der Waals surface area (Å²) in [5, 5.41) is 8.40. The first-order chi connectivity index (χ1) is 12.3. The van der Waals surface area contributed by atoms with Crippen molar-refractivity contribution >= 4 is 5.82 Å². The van der Waals surface area contributed by atoms with E-state index in [4.69, 9.17) is 5.10 Å². The summed E-state index contributed by atoms with van der Waals surface area (Å²) < 4.78 is 2.22. The van der Waals surface area contributed by atoms with Crippen molar-refractivity contribution in [3.8, 4) is 0 Å². The summed E-state index contributed by atoms with van der Waals surface area (Å²) in [5.74, 6) is 0.989. The van der Waals surface area contributed by atoms with E-state index in [1.165, 1.54) is 17.8 Å². The highest BCUT2D eigenvalue weighted by Gasteiger charge is 2.21. The number of nitrogens with one attached hydrogen (secondary N) is 1. The maximum Gasteiger partial charge on any atom is 0.126 e. The smallest absolute Gasteiger partial charge is 0.126 e. The fraction of sp³-hybridized carbons (Fsp3) is 0.579. The van der Waals surface area contributed by atoms with Crippen LogP contribution in [0.1, 0.15) is 30.7 Å². The lowest BCUT2D eigenvalue weighted by Gasteiger charge is -2.32. The Morgan fingerprint density at radius 3 is 2.84 bits per heavy atom. The minimum absolute atomic E-state index is 0.526. The van der Waals surface area contributed by atoms with E-state index in [1.807, 2.05) is 24.4 Å². The van der Waals surface area contributed by atoms with Crippen LogP contribution in [0.5, 0.6) is 0 Å². The van der Waals surface area contributed by atoms with Gasteiger partial charge in [-0.1, -0.05) is 6.07 Å². The number of nitrogens with zero attached hydrogens (tertiary/aromatic N) is 5. The number of fused-ring (bicyclic) bond motifs is 1. The summed E-state index contributed by atoms with van der Waals surface area (Å²) in [5.41, 5.74) is 2.59. The molecule has 25 heavy (non-hydrogen) atoms. The number of piperidine rings is 1. The average Bonchev–Trinajstić information content (AvgIpc) is 2.90. The summed E-state index contributed by atoms with van der Waals surface area (Å²) in [7, 11) is 2.20. The van der Waals surface area contributed by atoms with Gasteiger partial charge in [-0.15, -0.1) is 0 Å². The molecule has 0 spiro atoms. The highest BCUT2D eigenvalue weighted by atomic mass is 15.3.